The Bertz CT molecular complexity index is 2200. The fraction of sp³-hybridized carbons (Fsp3) is 0. The molecule has 0 bridgehead atoms. The second-order valence-electron chi connectivity index (χ2n) is 10.5. The maximum atomic E-state index is 13.4. The number of Topliss-reactive ketones (excluding diaryl/α,β-unsaturated/α-hetero) is 2. The van der Waals surface area contributed by atoms with Crippen molar-refractivity contribution in [2.45, 2.75) is 0 Å². The highest BCUT2D eigenvalue weighted by Gasteiger charge is 2.33. The van der Waals surface area contributed by atoms with Crippen molar-refractivity contribution in [2.75, 3.05) is 4.90 Å². The van der Waals surface area contributed by atoms with E-state index in [-0.39, 0.29) is 17.1 Å². The van der Waals surface area contributed by atoms with Gasteiger partial charge in [0, 0.05) is 27.1 Å². The Kier molecular flexibility index (Phi) is 5.62. The predicted octanol–water partition coefficient (Wildman–Crippen LogP) is 10.1. The molecule has 0 saturated carbocycles. The zero-order chi connectivity index (χ0) is 28.2. The first-order valence-electron chi connectivity index (χ1n) is 13.8. The fourth-order valence-corrected chi connectivity index (χ4v) is 6.91. The van der Waals surface area contributed by atoms with Crippen LogP contribution < -0.4 is 4.90 Å². The summed E-state index contributed by atoms with van der Waals surface area (Å²) in [5, 5.41) is 7.55. The molecule has 0 aliphatic heterocycles. The molecule has 8 rings (SSSR count). The topological polar surface area (TPSA) is 37.4 Å². The minimum atomic E-state index is -0.212. The van der Waals surface area contributed by atoms with Gasteiger partial charge in [0.2, 0.25) is 0 Å². The van der Waals surface area contributed by atoms with Gasteiger partial charge >= 0.3 is 0 Å². The highest BCUT2D eigenvalue weighted by atomic mass is 32.1. The van der Waals surface area contributed by atoms with Crippen LogP contribution in [0.5, 0.6) is 0 Å². The van der Waals surface area contributed by atoms with Crippen molar-refractivity contribution in [1.29, 1.82) is 0 Å². The van der Waals surface area contributed by atoms with Crippen molar-refractivity contribution in [3.05, 3.63) is 155 Å². The molecule has 0 N–H and O–H groups in total. The van der Waals surface area contributed by atoms with Crippen LogP contribution in [0.2, 0.25) is 0 Å². The number of fused-ring (bicyclic) bond motifs is 4. The van der Waals surface area contributed by atoms with E-state index in [4.69, 9.17) is 0 Å². The molecule has 0 saturated heterocycles. The molecule has 0 unspecified atom stereocenters. The number of allylic oxidation sites excluding steroid dienone is 1. The minimum Gasteiger partial charge on any atom is -0.301 e. The average Bonchev–Trinajstić information content (AvgIpc) is 3.58. The number of hydrogen-bond acceptors (Lipinski definition) is 4. The van der Waals surface area contributed by atoms with E-state index in [9.17, 15) is 9.59 Å². The molecule has 1 aromatic heterocycles. The van der Waals surface area contributed by atoms with Gasteiger partial charge in [0.05, 0.1) is 11.3 Å². The first kappa shape index (κ1) is 24.5. The monoisotopic (exact) mass is 557 g/mol. The summed E-state index contributed by atoms with van der Waals surface area (Å²) in [5.41, 5.74) is 3.29. The lowest BCUT2D eigenvalue weighted by atomic mass is 10.0. The third-order valence-corrected chi connectivity index (χ3v) is 9.00. The van der Waals surface area contributed by atoms with Crippen LogP contribution in [0.4, 0.5) is 16.4 Å². The molecule has 42 heavy (non-hydrogen) atoms. The van der Waals surface area contributed by atoms with Crippen molar-refractivity contribution in [2.24, 2.45) is 0 Å². The van der Waals surface area contributed by atoms with Gasteiger partial charge in [-0.2, -0.15) is 0 Å². The third kappa shape index (κ3) is 3.96. The van der Waals surface area contributed by atoms with E-state index in [2.05, 4.69) is 95.9 Å². The number of carbonyl (C=O) groups is 2. The number of thiophene rings is 1. The molecule has 0 radical (unpaired) electrons. The van der Waals surface area contributed by atoms with Crippen molar-refractivity contribution < 1.29 is 9.59 Å². The zero-order valence-electron chi connectivity index (χ0n) is 22.5. The molecular weight excluding hydrogens is 534 g/mol. The molecule has 1 aliphatic carbocycles. The molecule has 1 heterocycles. The molecule has 7 aromatic rings. The summed E-state index contributed by atoms with van der Waals surface area (Å²) < 4.78 is 0. The lowest BCUT2D eigenvalue weighted by Gasteiger charge is -2.25. The van der Waals surface area contributed by atoms with Crippen LogP contribution in [0.3, 0.4) is 0 Å². The molecular formula is C38H23NO2S. The van der Waals surface area contributed by atoms with E-state index in [1.807, 2.05) is 42.5 Å². The van der Waals surface area contributed by atoms with E-state index >= 15 is 0 Å². The van der Waals surface area contributed by atoms with Crippen LogP contribution in [0.1, 0.15) is 25.6 Å². The first-order chi connectivity index (χ1) is 20.6. The third-order valence-electron chi connectivity index (χ3n) is 7.98. The maximum absolute atomic E-state index is 13.4. The normalized spacial score (nSPS) is 12.8. The quantitative estimate of drug-likeness (QED) is 0.160. The Morgan fingerprint density at radius 1 is 0.524 bits per heavy atom. The lowest BCUT2D eigenvalue weighted by molar-refractivity contribution is 0.0990. The van der Waals surface area contributed by atoms with Crippen LogP contribution >= 0.6 is 11.3 Å². The van der Waals surface area contributed by atoms with Crippen molar-refractivity contribution in [1.82, 2.24) is 0 Å². The summed E-state index contributed by atoms with van der Waals surface area (Å²) in [6, 6.07) is 45.2. The van der Waals surface area contributed by atoms with Crippen LogP contribution in [0.15, 0.2) is 139 Å². The van der Waals surface area contributed by atoms with Gasteiger partial charge in [0.1, 0.15) is 5.00 Å². The number of carbonyl (C=O) groups excluding carboxylic acids is 2. The average molecular weight is 558 g/mol. The van der Waals surface area contributed by atoms with Gasteiger partial charge in [-0.25, -0.2) is 0 Å². The van der Waals surface area contributed by atoms with Gasteiger partial charge in [-0.1, -0.05) is 91.0 Å². The Morgan fingerprint density at radius 3 is 1.83 bits per heavy atom. The van der Waals surface area contributed by atoms with Crippen LogP contribution in [0, 0.1) is 0 Å². The highest BCUT2D eigenvalue weighted by molar-refractivity contribution is 7.17. The van der Waals surface area contributed by atoms with Crippen molar-refractivity contribution >= 4 is 77.7 Å². The van der Waals surface area contributed by atoms with Gasteiger partial charge in [0.25, 0.3) is 0 Å². The fourth-order valence-electron chi connectivity index (χ4n) is 5.93. The van der Waals surface area contributed by atoms with E-state index in [0.717, 1.165) is 48.2 Å². The van der Waals surface area contributed by atoms with Gasteiger partial charge in [-0.3, -0.25) is 9.59 Å². The first-order valence-corrected chi connectivity index (χ1v) is 14.7. The highest BCUT2D eigenvalue weighted by Crippen LogP contribution is 2.43. The van der Waals surface area contributed by atoms with Crippen LogP contribution in [0.25, 0.3) is 38.4 Å². The number of benzene rings is 6. The summed E-state index contributed by atoms with van der Waals surface area (Å²) in [6.07, 6.45) is 1.76. The molecule has 4 heteroatoms. The van der Waals surface area contributed by atoms with Gasteiger partial charge in [-0.15, -0.1) is 11.3 Å². The molecule has 198 valence electrons. The number of anilines is 3. The van der Waals surface area contributed by atoms with Crippen molar-refractivity contribution in [3.8, 4) is 0 Å². The predicted molar refractivity (Wildman–Crippen MR) is 175 cm³/mol. The molecule has 3 nitrogen and oxygen atoms in total. The van der Waals surface area contributed by atoms with Gasteiger partial charge in [0.15, 0.2) is 11.6 Å². The number of rotatable bonds is 4. The molecule has 0 fully saturated rings. The molecule has 0 spiro atoms. The Hall–Kier alpha value is -5.32. The van der Waals surface area contributed by atoms with Gasteiger partial charge < -0.3 is 4.90 Å². The van der Waals surface area contributed by atoms with Crippen LogP contribution in [-0.2, 0) is 0 Å². The lowest BCUT2D eigenvalue weighted by Crippen LogP contribution is -2.08. The second kappa shape index (κ2) is 9.65. The summed E-state index contributed by atoms with van der Waals surface area (Å²) in [4.78, 5) is 29.9. The Balaban J connectivity index is 1.25. The summed E-state index contributed by atoms with van der Waals surface area (Å²) >= 11 is 1.56. The SMILES string of the molecule is O=C1C(=Cc2ccc(N(c3ccc4ccccc4c3)c3cccc4ccccc34)s2)C(=O)c2cc3ccccc3cc21. The number of ketones is 2. The molecule has 0 amide bonds. The molecule has 0 atom stereocenters. The smallest absolute Gasteiger partial charge is 0.197 e. The Morgan fingerprint density at radius 2 is 1.12 bits per heavy atom. The Labute approximate surface area is 246 Å². The van der Waals surface area contributed by atoms with E-state index < -0.39 is 0 Å². The van der Waals surface area contributed by atoms with Crippen molar-refractivity contribution in [3.63, 3.8) is 0 Å². The van der Waals surface area contributed by atoms with Gasteiger partial charge in [-0.05, 0) is 75.5 Å². The number of nitrogens with zero attached hydrogens (tertiary/aromatic N) is 1. The van der Waals surface area contributed by atoms with E-state index in [0.29, 0.717) is 11.1 Å². The van der Waals surface area contributed by atoms with E-state index in [1.165, 1.54) is 5.39 Å². The summed E-state index contributed by atoms with van der Waals surface area (Å²) in [5.74, 6) is -0.424. The zero-order valence-corrected chi connectivity index (χ0v) is 23.3. The summed E-state index contributed by atoms with van der Waals surface area (Å²) in [7, 11) is 0. The maximum Gasteiger partial charge on any atom is 0.197 e. The van der Waals surface area contributed by atoms with E-state index in [1.54, 1.807) is 17.4 Å². The summed E-state index contributed by atoms with van der Waals surface area (Å²) in [6.45, 7) is 0. The molecule has 1 aliphatic rings. The number of hydrogen-bond donors (Lipinski definition) is 0. The molecule has 6 aromatic carbocycles. The largest absolute Gasteiger partial charge is 0.301 e. The van der Waals surface area contributed by atoms with Crippen LogP contribution in [-0.4, -0.2) is 11.6 Å². The standard InChI is InChI=1S/C38H23NO2S/c40-37-32-21-27-11-3-4-12-28(27)22-33(32)38(41)34(37)23-30-18-19-36(42-30)39(29-17-16-24-8-1-2-10-26(24)20-29)35-15-7-13-25-9-5-6-14-31(25)35/h1-23H. The second-order valence-corrected chi connectivity index (χ2v) is 11.6. The minimum absolute atomic E-state index is 0.212.